The number of thioether (sulfide) groups is 1. The number of unbranched alkanes of at least 4 members (excludes halogenated alkanes) is 1. The third-order valence-corrected chi connectivity index (χ3v) is 8.01. The van der Waals surface area contributed by atoms with Crippen LogP contribution in [0.25, 0.3) is 10.9 Å². The topological polar surface area (TPSA) is 62.7 Å². The van der Waals surface area contributed by atoms with Crippen LogP contribution in [0.1, 0.15) is 57.4 Å². The molecule has 1 saturated heterocycles. The second kappa shape index (κ2) is 13.8. The number of aromatic nitrogens is 1. The first kappa shape index (κ1) is 25.8. The first-order chi connectivity index (χ1) is 16.1. The lowest BCUT2D eigenvalue weighted by molar-refractivity contribution is -0.137. The van der Waals surface area contributed by atoms with Crippen LogP contribution in [0.3, 0.4) is 0 Å². The number of pyridine rings is 1. The van der Waals surface area contributed by atoms with Gasteiger partial charge in [-0.05, 0) is 92.5 Å². The van der Waals surface area contributed by atoms with Gasteiger partial charge < -0.3 is 14.7 Å². The van der Waals surface area contributed by atoms with E-state index in [0.717, 1.165) is 56.6 Å². The number of carboxylic acids is 1. The SMILES string of the molecule is CCCCSCCN1CC[C@@H](CCCc2ccnc3ccc(OC)cc23)[C@@H](CCC(=O)O)C1. The molecule has 5 nitrogen and oxygen atoms in total. The van der Waals surface area contributed by atoms with Gasteiger partial charge in [-0.1, -0.05) is 13.3 Å². The predicted molar refractivity (Wildman–Crippen MR) is 138 cm³/mol. The van der Waals surface area contributed by atoms with Gasteiger partial charge in [0.25, 0.3) is 0 Å². The normalized spacial score (nSPS) is 19.1. The fraction of sp³-hybridized carbons (Fsp3) is 0.630. The van der Waals surface area contributed by atoms with Crippen LogP contribution >= 0.6 is 11.8 Å². The number of ether oxygens (including phenoxy) is 1. The van der Waals surface area contributed by atoms with Gasteiger partial charge in [0.2, 0.25) is 0 Å². The molecule has 2 aromatic rings. The van der Waals surface area contributed by atoms with Crippen molar-refractivity contribution in [3.8, 4) is 5.75 Å². The second-order valence-corrected chi connectivity index (χ2v) is 10.5. The van der Waals surface area contributed by atoms with Crippen LogP contribution in [0.15, 0.2) is 30.5 Å². The van der Waals surface area contributed by atoms with E-state index < -0.39 is 5.97 Å². The third-order valence-electron chi connectivity index (χ3n) is 6.96. The molecule has 182 valence electrons. The molecule has 1 aliphatic rings. The summed E-state index contributed by atoms with van der Waals surface area (Å²) in [4.78, 5) is 18.3. The number of hydrogen-bond donors (Lipinski definition) is 1. The molecule has 0 aliphatic carbocycles. The van der Waals surface area contributed by atoms with Gasteiger partial charge in [-0.25, -0.2) is 0 Å². The lowest BCUT2D eigenvalue weighted by Gasteiger charge is -2.39. The predicted octanol–water partition coefficient (Wildman–Crippen LogP) is 5.90. The van der Waals surface area contributed by atoms with Crippen LogP contribution in [-0.2, 0) is 11.2 Å². The van der Waals surface area contributed by atoms with E-state index in [0.29, 0.717) is 11.8 Å². The summed E-state index contributed by atoms with van der Waals surface area (Å²) in [6.45, 7) is 5.58. The van der Waals surface area contributed by atoms with E-state index in [-0.39, 0.29) is 6.42 Å². The number of aliphatic carboxylic acids is 1. The Bertz CT molecular complexity index is 876. The maximum Gasteiger partial charge on any atom is 0.303 e. The number of carboxylic acid groups (broad SMARTS) is 1. The summed E-state index contributed by atoms with van der Waals surface area (Å²) in [5, 5.41) is 10.4. The Kier molecular flexibility index (Phi) is 10.8. The minimum atomic E-state index is -0.668. The number of carbonyl (C=O) groups is 1. The average molecular weight is 473 g/mol. The second-order valence-electron chi connectivity index (χ2n) is 9.25. The van der Waals surface area contributed by atoms with Crippen molar-refractivity contribution in [2.75, 3.05) is 38.2 Å². The Hall–Kier alpha value is -1.79. The van der Waals surface area contributed by atoms with E-state index in [9.17, 15) is 9.90 Å². The molecule has 2 atom stereocenters. The minimum absolute atomic E-state index is 0.287. The van der Waals surface area contributed by atoms with Gasteiger partial charge in [0, 0.05) is 36.8 Å². The summed E-state index contributed by atoms with van der Waals surface area (Å²) < 4.78 is 5.41. The molecule has 6 heteroatoms. The Morgan fingerprint density at radius 2 is 2.09 bits per heavy atom. The maximum absolute atomic E-state index is 11.2. The summed E-state index contributed by atoms with van der Waals surface area (Å²) in [6.07, 6.45) is 10.0. The molecule has 0 radical (unpaired) electrons. The van der Waals surface area contributed by atoms with Crippen molar-refractivity contribution in [2.24, 2.45) is 11.8 Å². The fourth-order valence-corrected chi connectivity index (χ4v) is 6.08. The zero-order valence-corrected chi connectivity index (χ0v) is 21.1. The van der Waals surface area contributed by atoms with Crippen LogP contribution in [0.4, 0.5) is 0 Å². The first-order valence-electron chi connectivity index (χ1n) is 12.5. The summed E-state index contributed by atoms with van der Waals surface area (Å²) >= 11 is 2.06. The Morgan fingerprint density at radius 3 is 2.88 bits per heavy atom. The number of methoxy groups -OCH3 is 1. The molecule has 0 amide bonds. The number of benzene rings is 1. The van der Waals surface area contributed by atoms with E-state index in [2.05, 4.69) is 40.7 Å². The average Bonchev–Trinajstić information content (AvgIpc) is 2.83. The van der Waals surface area contributed by atoms with E-state index >= 15 is 0 Å². The number of likely N-dealkylation sites (tertiary alicyclic amines) is 1. The van der Waals surface area contributed by atoms with E-state index in [4.69, 9.17) is 4.74 Å². The van der Waals surface area contributed by atoms with Crippen molar-refractivity contribution < 1.29 is 14.6 Å². The summed E-state index contributed by atoms with van der Waals surface area (Å²) in [5.41, 5.74) is 2.33. The van der Waals surface area contributed by atoms with E-state index in [1.165, 1.54) is 41.7 Å². The largest absolute Gasteiger partial charge is 0.497 e. The Morgan fingerprint density at radius 1 is 1.21 bits per heavy atom. The van der Waals surface area contributed by atoms with Crippen LogP contribution < -0.4 is 4.74 Å². The van der Waals surface area contributed by atoms with Crippen molar-refractivity contribution in [2.45, 2.75) is 58.3 Å². The minimum Gasteiger partial charge on any atom is -0.497 e. The number of hydrogen-bond acceptors (Lipinski definition) is 5. The number of fused-ring (bicyclic) bond motifs is 1. The molecule has 0 bridgehead atoms. The molecule has 1 aromatic carbocycles. The van der Waals surface area contributed by atoms with E-state index in [1.54, 1.807) is 7.11 Å². The van der Waals surface area contributed by atoms with Gasteiger partial charge in [-0.3, -0.25) is 9.78 Å². The molecular weight excluding hydrogens is 432 g/mol. The van der Waals surface area contributed by atoms with Gasteiger partial charge >= 0.3 is 5.97 Å². The first-order valence-corrected chi connectivity index (χ1v) is 13.7. The van der Waals surface area contributed by atoms with Crippen LogP contribution in [0, 0.1) is 11.8 Å². The molecule has 0 spiro atoms. The Labute approximate surface area is 203 Å². The quantitative estimate of drug-likeness (QED) is 0.345. The Balaban J connectivity index is 1.54. The standard InChI is InChI=1S/C27H40N2O3S/c1-3-4-17-33-18-16-29-15-13-21(23(20-29)8-11-27(30)31)6-5-7-22-12-14-28-26-10-9-24(32-2)19-25(22)26/h9-10,12,14,19,21,23H,3-8,11,13,15-18,20H2,1-2H3,(H,30,31)/t21-,23+/m1/s1. The molecule has 1 aliphatic heterocycles. The zero-order valence-electron chi connectivity index (χ0n) is 20.3. The monoisotopic (exact) mass is 472 g/mol. The fourth-order valence-electron chi connectivity index (χ4n) is 5.00. The smallest absolute Gasteiger partial charge is 0.303 e. The highest BCUT2D eigenvalue weighted by atomic mass is 32.2. The van der Waals surface area contributed by atoms with Crippen LogP contribution in [0.2, 0.25) is 0 Å². The molecule has 1 N–H and O–H groups in total. The summed E-state index contributed by atoms with van der Waals surface area (Å²) in [5.74, 6) is 3.75. The molecule has 1 aromatic heterocycles. The lowest BCUT2D eigenvalue weighted by atomic mass is 9.79. The van der Waals surface area contributed by atoms with Crippen LogP contribution in [0.5, 0.6) is 5.75 Å². The van der Waals surface area contributed by atoms with Crippen molar-refractivity contribution in [1.82, 2.24) is 9.88 Å². The molecule has 0 saturated carbocycles. The van der Waals surface area contributed by atoms with E-state index in [1.807, 2.05) is 18.3 Å². The highest BCUT2D eigenvalue weighted by molar-refractivity contribution is 7.99. The van der Waals surface area contributed by atoms with Crippen molar-refractivity contribution in [1.29, 1.82) is 0 Å². The van der Waals surface area contributed by atoms with Gasteiger partial charge in [0.15, 0.2) is 0 Å². The highest BCUT2D eigenvalue weighted by Crippen LogP contribution is 2.32. The maximum atomic E-state index is 11.2. The number of nitrogens with zero attached hydrogens (tertiary/aromatic N) is 2. The highest BCUT2D eigenvalue weighted by Gasteiger charge is 2.29. The van der Waals surface area contributed by atoms with Crippen molar-refractivity contribution in [3.05, 3.63) is 36.0 Å². The lowest BCUT2D eigenvalue weighted by Crippen LogP contribution is -2.41. The molecular formula is C27H40N2O3S. The molecule has 33 heavy (non-hydrogen) atoms. The zero-order chi connectivity index (χ0) is 23.5. The number of aryl methyl sites for hydroxylation is 1. The molecule has 3 rings (SSSR count). The summed E-state index contributed by atoms with van der Waals surface area (Å²) in [6, 6.07) is 8.20. The van der Waals surface area contributed by atoms with Gasteiger partial charge in [0.1, 0.15) is 5.75 Å². The number of piperidine rings is 1. The molecule has 1 fully saturated rings. The van der Waals surface area contributed by atoms with Gasteiger partial charge in [-0.2, -0.15) is 11.8 Å². The number of rotatable bonds is 14. The van der Waals surface area contributed by atoms with Crippen LogP contribution in [-0.4, -0.2) is 59.2 Å². The van der Waals surface area contributed by atoms with Crippen molar-refractivity contribution in [3.63, 3.8) is 0 Å². The van der Waals surface area contributed by atoms with Gasteiger partial charge in [0.05, 0.1) is 12.6 Å². The molecule has 0 unspecified atom stereocenters. The summed E-state index contributed by atoms with van der Waals surface area (Å²) in [7, 11) is 1.70. The van der Waals surface area contributed by atoms with Gasteiger partial charge in [-0.15, -0.1) is 0 Å². The third kappa shape index (κ3) is 8.18. The van der Waals surface area contributed by atoms with Crippen molar-refractivity contribution >= 4 is 28.6 Å². The molecule has 2 heterocycles.